The lowest BCUT2D eigenvalue weighted by atomic mass is 9.78. The van der Waals surface area contributed by atoms with Gasteiger partial charge in [-0.3, -0.25) is 0 Å². The normalized spacial score (nSPS) is 25.2. The summed E-state index contributed by atoms with van der Waals surface area (Å²) >= 11 is 0. The largest absolute Gasteiger partial charge is 0.416 e. The van der Waals surface area contributed by atoms with Crippen LogP contribution < -0.4 is 0 Å². The highest BCUT2D eigenvalue weighted by Gasteiger charge is 2.35. The van der Waals surface area contributed by atoms with Crippen LogP contribution in [0.5, 0.6) is 0 Å². The molecule has 0 radical (unpaired) electrons. The molecule has 1 aromatic carbocycles. The lowest BCUT2D eigenvalue weighted by Gasteiger charge is -2.28. The van der Waals surface area contributed by atoms with E-state index in [9.17, 15) is 13.2 Å². The second-order valence-corrected chi connectivity index (χ2v) is 5.55. The Hall–Kier alpha value is -0.990. The highest BCUT2D eigenvalue weighted by atomic mass is 19.4. The van der Waals surface area contributed by atoms with Gasteiger partial charge in [0.15, 0.2) is 0 Å². The summed E-state index contributed by atoms with van der Waals surface area (Å²) in [5.41, 5.74) is 0.748. The Bertz CT molecular complexity index is 412. The smallest absolute Gasteiger partial charge is 0.166 e. The average molecular weight is 256 g/mol. The number of hydrogen-bond acceptors (Lipinski definition) is 0. The summed E-state index contributed by atoms with van der Waals surface area (Å²) in [6, 6.07) is 4.76. The van der Waals surface area contributed by atoms with Gasteiger partial charge in [0.1, 0.15) is 0 Å². The van der Waals surface area contributed by atoms with Crippen molar-refractivity contribution >= 4 is 0 Å². The molecule has 0 spiro atoms. The lowest BCUT2D eigenvalue weighted by Crippen LogP contribution is -2.16. The van der Waals surface area contributed by atoms with E-state index < -0.39 is 11.7 Å². The Morgan fingerprint density at radius 2 is 1.67 bits per heavy atom. The minimum atomic E-state index is -4.23. The van der Waals surface area contributed by atoms with Crippen molar-refractivity contribution < 1.29 is 13.2 Å². The summed E-state index contributed by atoms with van der Waals surface area (Å²) in [7, 11) is 0. The second-order valence-electron chi connectivity index (χ2n) is 5.55. The number of hydrogen-bond donors (Lipinski definition) is 0. The molecule has 0 unspecified atom stereocenters. The maximum atomic E-state index is 13.1. The van der Waals surface area contributed by atoms with Crippen LogP contribution in [0.15, 0.2) is 18.2 Å². The fourth-order valence-electron chi connectivity index (χ4n) is 2.84. The molecule has 3 heteroatoms. The molecule has 1 aliphatic carbocycles. The zero-order valence-electron chi connectivity index (χ0n) is 10.8. The van der Waals surface area contributed by atoms with Crippen molar-refractivity contribution in [2.75, 3.05) is 0 Å². The third kappa shape index (κ3) is 2.88. The zero-order valence-corrected chi connectivity index (χ0v) is 10.8. The van der Waals surface area contributed by atoms with Crippen LogP contribution in [0.4, 0.5) is 13.2 Å². The Balaban J connectivity index is 2.32. The molecule has 2 rings (SSSR count). The van der Waals surface area contributed by atoms with Crippen molar-refractivity contribution in [2.24, 2.45) is 5.92 Å². The standard InChI is InChI=1S/C15H19F3/c1-10-3-6-12(7-4-10)13-8-5-11(2)9-14(13)15(16,17)18/h5,8-10,12H,3-4,6-7H2,1-2H3/t10-,12-. The molecule has 1 fully saturated rings. The van der Waals surface area contributed by atoms with Gasteiger partial charge in [0, 0.05) is 0 Å². The van der Waals surface area contributed by atoms with Gasteiger partial charge in [-0.05, 0) is 43.2 Å². The van der Waals surface area contributed by atoms with Crippen molar-refractivity contribution in [3.63, 3.8) is 0 Å². The fraction of sp³-hybridized carbons (Fsp3) is 0.600. The first-order valence-corrected chi connectivity index (χ1v) is 6.55. The van der Waals surface area contributed by atoms with Crippen LogP contribution >= 0.6 is 0 Å². The van der Waals surface area contributed by atoms with Crippen LogP contribution in [0, 0.1) is 12.8 Å². The Labute approximate surface area is 106 Å². The molecule has 0 bridgehead atoms. The number of alkyl halides is 3. The van der Waals surface area contributed by atoms with Gasteiger partial charge in [-0.2, -0.15) is 13.2 Å². The summed E-state index contributed by atoms with van der Waals surface area (Å²) in [5.74, 6) is 0.736. The van der Waals surface area contributed by atoms with Gasteiger partial charge in [0.2, 0.25) is 0 Å². The first kappa shape index (κ1) is 13.4. The van der Waals surface area contributed by atoms with Gasteiger partial charge >= 0.3 is 6.18 Å². The molecule has 1 saturated carbocycles. The van der Waals surface area contributed by atoms with E-state index in [1.165, 1.54) is 6.07 Å². The predicted octanol–water partition coefficient (Wildman–Crippen LogP) is 5.31. The summed E-state index contributed by atoms with van der Waals surface area (Å²) in [5, 5.41) is 0. The van der Waals surface area contributed by atoms with E-state index in [2.05, 4.69) is 6.92 Å². The topological polar surface area (TPSA) is 0 Å². The summed E-state index contributed by atoms with van der Waals surface area (Å²) in [4.78, 5) is 0. The quantitative estimate of drug-likeness (QED) is 0.639. The monoisotopic (exact) mass is 256 g/mol. The van der Waals surface area contributed by atoms with Gasteiger partial charge in [-0.1, -0.05) is 37.5 Å². The SMILES string of the molecule is Cc1ccc([C@H]2CC[C@H](C)CC2)c(C(F)(F)F)c1. The van der Waals surface area contributed by atoms with Crippen molar-refractivity contribution in [2.45, 2.75) is 51.6 Å². The number of benzene rings is 1. The van der Waals surface area contributed by atoms with Gasteiger partial charge in [0.25, 0.3) is 0 Å². The maximum absolute atomic E-state index is 13.1. The highest BCUT2D eigenvalue weighted by molar-refractivity contribution is 5.36. The Morgan fingerprint density at radius 1 is 1.06 bits per heavy atom. The van der Waals surface area contributed by atoms with E-state index in [0.717, 1.165) is 25.7 Å². The van der Waals surface area contributed by atoms with E-state index in [4.69, 9.17) is 0 Å². The molecule has 0 nitrogen and oxygen atoms in total. The minimum Gasteiger partial charge on any atom is -0.166 e. The molecular formula is C15H19F3. The van der Waals surface area contributed by atoms with E-state index in [-0.39, 0.29) is 5.92 Å². The summed E-state index contributed by atoms with van der Waals surface area (Å²) in [6.07, 6.45) is -0.392. The summed E-state index contributed by atoms with van der Waals surface area (Å²) < 4.78 is 39.2. The molecule has 100 valence electrons. The second kappa shape index (κ2) is 4.94. The fourth-order valence-corrected chi connectivity index (χ4v) is 2.84. The van der Waals surface area contributed by atoms with Gasteiger partial charge in [-0.25, -0.2) is 0 Å². The van der Waals surface area contributed by atoms with E-state index in [0.29, 0.717) is 17.0 Å². The molecule has 18 heavy (non-hydrogen) atoms. The average Bonchev–Trinajstić information content (AvgIpc) is 2.29. The molecule has 0 atom stereocenters. The van der Waals surface area contributed by atoms with Crippen LogP contribution in [0.2, 0.25) is 0 Å². The number of halogens is 3. The molecule has 0 saturated heterocycles. The minimum absolute atomic E-state index is 0.0819. The van der Waals surface area contributed by atoms with Gasteiger partial charge in [0.05, 0.1) is 5.56 Å². The van der Waals surface area contributed by atoms with Gasteiger partial charge in [-0.15, -0.1) is 0 Å². The Kier molecular flexibility index (Phi) is 3.69. The van der Waals surface area contributed by atoms with Crippen LogP contribution in [-0.4, -0.2) is 0 Å². The van der Waals surface area contributed by atoms with Crippen molar-refractivity contribution in [3.05, 3.63) is 34.9 Å². The molecule has 0 aromatic heterocycles. The molecule has 0 heterocycles. The van der Waals surface area contributed by atoms with Crippen LogP contribution in [-0.2, 0) is 6.18 Å². The van der Waals surface area contributed by atoms with Crippen LogP contribution in [0.3, 0.4) is 0 Å². The molecular weight excluding hydrogens is 237 g/mol. The van der Waals surface area contributed by atoms with Crippen LogP contribution in [0.1, 0.15) is 55.2 Å². The first-order chi connectivity index (χ1) is 8.38. The van der Waals surface area contributed by atoms with Crippen LogP contribution in [0.25, 0.3) is 0 Å². The van der Waals surface area contributed by atoms with Gasteiger partial charge < -0.3 is 0 Å². The maximum Gasteiger partial charge on any atom is 0.416 e. The zero-order chi connectivity index (χ0) is 13.3. The highest BCUT2D eigenvalue weighted by Crippen LogP contribution is 2.42. The van der Waals surface area contributed by atoms with Crippen molar-refractivity contribution in [1.82, 2.24) is 0 Å². The summed E-state index contributed by atoms with van der Waals surface area (Å²) in [6.45, 7) is 3.89. The third-order valence-corrected chi connectivity index (χ3v) is 3.97. The molecule has 1 aromatic rings. The van der Waals surface area contributed by atoms with E-state index >= 15 is 0 Å². The van der Waals surface area contributed by atoms with Crippen molar-refractivity contribution in [3.8, 4) is 0 Å². The molecule has 0 aliphatic heterocycles. The molecule has 0 N–H and O–H groups in total. The predicted molar refractivity (Wildman–Crippen MR) is 66.6 cm³/mol. The molecule has 1 aliphatic rings. The number of aryl methyl sites for hydroxylation is 1. The van der Waals surface area contributed by atoms with E-state index in [1.54, 1.807) is 19.1 Å². The first-order valence-electron chi connectivity index (χ1n) is 6.55. The third-order valence-electron chi connectivity index (χ3n) is 3.97. The molecule has 0 amide bonds. The van der Waals surface area contributed by atoms with E-state index in [1.807, 2.05) is 0 Å². The van der Waals surface area contributed by atoms with Crippen molar-refractivity contribution in [1.29, 1.82) is 0 Å². The Morgan fingerprint density at radius 3 is 2.22 bits per heavy atom. The number of rotatable bonds is 1. The lowest BCUT2D eigenvalue weighted by molar-refractivity contribution is -0.138.